The second kappa shape index (κ2) is 7.49. The molecule has 0 fully saturated rings. The molecule has 0 radical (unpaired) electrons. The molecule has 0 amide bonds. The Morgan fingerprint density at radius 3 is 1.70 bits per heavy atom. The van der Waals surface area contributed by atoms with Crippen LogP contribution < -0.4 is 0 Å². The van der Waals surface area contributed by atoms with Crippen molar-refractivity contribution in [3.05, 3.63) is 89.9 Å². The molecule has 0 nitrogen and oxygen atoms in total. The van der Waals surface area contributed by atoms with E-state index in [9.17, 15) is 0 Å². The van der Waals surface area contributed by atoms with E-state index in [1.807, 2.05) is 6.92 Å². The van der Waals surface area contributed by atoms with Gasteiger partial charge in [-0.05, 0) is 34.1 Å². The fourth-order valence-electron chi connectivity index (χ4n) is 3.52. The fourth-order valence-corrected chi connectivity index (χ4v) is 3.52. The molecule has 2 unspecified atom stereocenters. The van der Waals surface area contributed by atoms with Crippen molar-refractivity contribution in [3.63, 3.8) is 0 Å². The van der Waals surface area contributed by atoms with E-state index in [-0.39, 0.29) is 0 Å². The van der Waals surface area contributed by atoms with Crippen molar-refractivity contribution in [3.8, 4) is 0 Å². The zero-order chi connectivity index (χ0) is 16.2. The van der Waals surface area contributed by atoms with Gasteiger partial charge < -0.3 is 6.92 Å². The van der Waals surface area contributed by atoms with Crippen LogP contribution in [0.25, 0.3) is 12.2 Å². The number of hydrogen-bond donors (Lipinski definition) is 0. The Hall–Kier alpha value is -1.33. The molecular formula is C22H21Zr-. The Morgan fingerprint density at radius 2 is 1.26 bits per heavy atom. The van der Waals surface area contributed by atoms with Crippen molar-refractivity contribution in [2.75, 3.05) is 0 Å². The van der Waals surface area contributed by atoms with E-state index < -0.39 is 0 Å². The number of fused-ring (bicyclic) bond motifs is 2. The van der Waals surface area contributed by atoms with E-state index in [1.54, 1.807) is 0 Å². The second-order valence-electron chi connectivity index (χ2n) is 5.98. The standard InChI is InChI=1S/C20H17.C2H4.Zr/c1-14(17-12-10-15-6-2-4-8-19(15)17)18-13-11-16-7-3-5-9-20(16)18;1-2;/h2-14,17-18H,1H2;1H,2H3;/q-1;;. The molecule has 2 aliphatic carbocycles. The Balaban J connectivity index is 0.000000485. The van der Waals surface area contributed by atoms with Gasteiger partial charge in [0.25, 0.3) is 0 Å². The third kappa shape index (κ3) is 3.31. The Labute approximate surface area is 154 Å². The van der Waals surface area contributed by atoms with Crippen LogP contribution in [0.15, 0.2) is 60.7 Å². The van der Waals surface area contributed by atoms with Crippen LogP contribution in [0.2, 0.25) is 0 Å². The number of benzene rings is 2. The summed E-state index contributed by atoms with van der Waals surface area (Å²) in [5.74, 6) is 1.19. The third-order valence-electron chi connectivity index (χ3n) is 4.60. The molecule has 2 aromatic rings. The van der Waals surface area contributed by atoms with E-state index in [2.05, 4.69) is 83.5 Å². The average molecular weight is 377 g/mol. The van der Waals surface area contributed by atoms with Gasteiger partial charge in [-0.2, -0.15) is 0 Å². The van der Waals surface area contributed by atoms with Crippen LogP contribution in [0.4, 0.5) is 0 Å². The Bertz CT molecular complexity index is 693. The van der Waals surface area contributed by atoms with Gasteiger partial charge in [-0.15, -0.1) is 5.92 Å². The molecule has 0 aliphatic heterocycles. The monoisotopic (exact) mass is 375 g/mol. The van der Waals surface area contributed by atoms with Gasteiger partial charge in [-0.25, -0.2) is 0 Å². The van der Waals surface area contributed by atoms with Crippen LogP contribution >= 0.6 is 0 Å². The number of hydrogen-bond acceptors (Lipinski definition) is 0. The smallest absolute Gasteiger partial charge is 0.0209 e. The molecule has 2 atom stereocenters. The molecule has 0 spiro atoms. The maximum Gasteiger partial charge on any atom is -0.0209 e. The van der Waals surface area contributed by atoms with E-state index in [4.69, 9.17) is 0 Å². The van der Waals surface area contributed by atoms with Crippen LogP contribution in [0.3, 0.4) is 0 Å². The van der Waals surface area contributed by atoms with Gasteiger partial charge in [0.2, 0.25) is 0 Å². The third-order valence-corrected chi connectivity index (χ3v) is 4.60. The summed E-state index contributed by atoms with van der Waals surface area (Å²) < 4.78 is 2.09. The summed E-state index contributed by atoms with van der Waals surface area (Å²) in [5.41, 5.74) is 5.54. The van der Waals surface area contributed by atoms with E-state index in [0.29, 0.717) is 17.8 Å². The first-order chi connectivity index (χ1) is 11.3. The van der Waals surface area contributed by atoms with Crippen molar-refractivity contribution in [2.24, 2.45) is 5.92 Å². The minimum atomic E-state index is 0.342. The molecule has 0 N–H and O–H groups in total. The van der Waals surface area contributed by atoms with Gasteiger partial charge >= 0.3 is 34.9 Å². The first kappa shape index (κ1) is 16.5. The summed E-state index contributed by atoms with van der Waals surface area (Å²) in [6.07, 6.45) is 9.11. The number of allylic oxidation sites excluding steroid dienone is 2. The zero-order valence-corrected chi connectivity index (χ0v) is 15.9. The maximum absolute atomic E-state index is 4.50. The van der Waals surface area contributed by atoms with Crippen molar-refractivity contribution < 1.29 is 24.2 Å². The quantitative estimate of drug-likeness (QED) is 0.615. The summed E-state index contributed by atoms with van der Waals surface area (Å²) in [6.45, 7) is 6.54. The first-order valence-electron chi connectivity index (χ1n) is 8.08. The molecule has 0 saturated carbocycles. The Kier molecular flexibility index (Phi) is 5.39. The topological polar surface area (TPSA) is 0 Å². The van der Waals surface area contributed by atoms with Gasteiger partial charge in [0.05, 0.1) is 0 Å². The predicted molar refractivity (Wildman–Crippen MR) is 97.0 cm³/mol. The Morgan fingerprint density at radius 1 is 0.870 bits per heavy atom. The summed E-state index contributed by atoms with van der Waals surface area (Å²) in [5, 5.41) is 0. The zero-order valence-electron chi connectivity index (χ0n) is 13.4. The number of rotatable bonds is 2. The van der Waals surface area contributed by atoms with Gasteiger partial charge in [0.1, 0.15) is 0 Å². The van der Waals surface area contributed by atoms with Crippen LogP contribution in [-0.4, -0.2) is 3.71 Å². The molecule has 114 valence electrons. The summed E-state index contributed by atoms with van der Waals surface area (Å²) in [4.78, 5) is 0. The molecule has 0 heterocycles. The molecule has 0 saturated heterocycles. The van der Waals surface area contributed by atoms with Crippen molar-refractivity contribution in [1.82, 2.24) is 0 Å². The summed E-state index contributed by atoms with van der Waals surface area (Å²) in [7, 11) is 0. The van der Waals surface area contributed by atoms with Crippen molar-refractivity contribution >= 4 is 15.9 Å². The van der Waals surface area contributed by atoms with Crippen molar-refractivity contribution in [2.45, 2.75) is 18.8 Å². The predicted octanol–water partition coefficient (Wildman–Crippen LogP) is 5.41. The van der Waals surface area contributed by atoms with E-state index >= 15 is 0 Å². The van der Waals surface area contributed by atoms with E-state index in [1.165, 1.54) is 46.5 Å². The van der Waals surface area contributed by atoms with Crippen LogP contribution in [0, 0.1) is 12.8 Å². The molecule has 0 bridgehead atoms. The maximum atomic E-state index is 4.50. The molecule has 2 aromatic carbocycles. The molecular weight excluding hydrogens is 355 g/mol. The largest absolute Gasteiger partial charge is 0.339 e. The van der Waals surface area contributed by atoms with Crippen LogP contribution in [-0.2, 0) is 24.2 Å². The van der Waals surface area contributed by atoms with Gasteiger partial charge in [-0.3, -0.25) is 0 Å². The normalized spacial score (nSPS) is 21.1. The first-order valence-corrected chi connectivity index (χ1v) is 9.50. The van der Waals surface area contributed by atoms with Gasteiger partial charge in [0.15, 0.2) is 0 Å². The molecule has 2 aliphatic rings. The molecule has 23 heavy (non-hydrogen) atoms. The van der Waals surface area contributed by atoms with Gasteiger partial charge in [0, 0.05) is 0 Å². The SMILES string of the molecule is C[CH]=[Zr].[CH2-]C(C1C=Cc2ccccc21)C1C=Cc2ccccc21. The average Bonchev–Trinajstić information content (AvgIpc) is 3.19. The second-order valence-corrected chi connectivity index (χ2v) is 7.40. The minimum absolute atomic E-state index is 0.342. The van der Waals surface area contributed by atoms with Crippen LogP contribution in [0.5, 0.6) is 0 Å². The van der Waals surface area contributed by atoms with Crippen LogP contribution in [0.1, 0.15) is 41.0 Å². The summed E-state index contributed by atoms with van der Waals surface area (Å²) in [6, 6.07) is 17.3. The molecule has 1 heteroatoms. The molecule has 4 rings (SSSR count). The summed E-state index contributed by atoms with van der Waals surface area (Å²) >= 11 is 1.51. The van der Waals surface area contributed by atoms with E-state index in [0.717, 1.165) is 0 Å². The minimum Gasteiger partial charge on any atom is -0.339 e. The fraction of sp³-hybridized carbons (Fsp3) is 0.182. The van der Waals surface area contributed by atoms with Crippen molar-refractivity contribution in [1.29, 1.82) is 0 Å². The van der Waals surface area contributed by atoms with Gasteiger partial charge in [-0.1, -0.05) is 72.8 Å². The molecule has 0 aromatic heterocycles.